The molecule has 2 fully saturated rings. The van der Waals surface area contributed by atoms with Crippen molar-refractivity contribution in [3.05, 3.63) is 0 Å². The monoisotopic (exact) mass is 210 g/mol. The summed E-state index contributed by atoms with van der Waals surface area (Å²) in [4.78, 5) is 0. The molecule has 2 saturated carbocycles. The smallest absolute Gasteiger partial charge is 0.00980 e. The molecule has 0 aromatic rings. The second-order valence-corrected chi connectivity index (χ2v) is 5.65. The average molecular weight is 210 g/mol. The van der Waals surface area contributed by atoms with Gasteiger partial charge in [0.05, 0.1) is 0 Å². The predicted octanol–water partition coefficient (Wildman–Crippen LogP) is 2.28. The zero-order chi connectivity index (χ0) is 10.8. The molecule has 0 radical (unpaired) electrons. The molecule has 0 aliphatic heterocycles. The Balaban J connectivity index is 1.80. The molecule has 5 unspecified atom stereocenters. The lowest BCUT2D eigenvalue weighted by atomic mass is 9.93. The van der Waals surface area contributed by atoms with Gasteiger partial charge in [-0.25, -0.2) is 0 Å². The van der Waals surface area contributed by atoms with Crippen LogP contribution in [-0.2, 0) is 0 Å². The minimum absolute atomic E-state index is 0.459. The van der Waals surface area contributed by atoms with Crippen LogP contribution in [0, 0.1) is 11.8 Å². The molecule has 2 aliphatic carbocycles. The molecule has 0 heterocycles. The van der Waals surface area contributed by atoms with Crippen molar-refractivity contribution in [3.8, 4) is 0 Å². The van der Waals surface area contributed by atoms with Crippen molar-refractivity contribution in [2.75, 3.05) is 0 Å². The van der Waals surface area contributed by atoms with Crippen molar-refractivity contribution in [2.45, 2.75) is 70.5 Å². The van der Waals surface area contributed by atoms with Gasteiger partial charge in [-0.2, -0.15) is 0 Å². The first-order valence-electron chi connectivity index (χ1n) is 6.72. The van der Waals surface area contributed by atoms with Crippen molar-refractivity contribution in [3.63, 3.8) is 0 Å². The molecule has 15 heavy (non-hydrogen) atoms. The normalized spacial score (nSPS) is 46.2. The van der Waals surface area contributed by atoms with Crippen LogP contribution in [0.3, 0.4) is 0 Å². The number of rotatable bonds is 3. The Morgan fingerprint density at radius 3 is 2.53 bits per heavy atom. The standard InChI is InChI=1S/C13H26N2/c1-3-10-4-7-13(9(10)2)15-12-6-5-11(14)8-12/h9-13,15H,3-8,14H2,1-2H3. The zero-order valence-electron chi connectivity index (χ0n) is 10.2. The molecule has 0 aromatic heterocycles. The van der Waals surface area contributed by atoms with Crippen LogP contribution in [-0.4, -0.2) is 18.1 Å². The van der Waals surface area contributed by atoms with E-state index in [0.717, 1.165) is 17.9 Å². The molecule has 2 aliphatic rings. The fourth-order valence-electron chi connectivity index (χ4n) is 3.53. The SMILES string of the molecule is CCC1CCC(NC2CCC(N)C2)C1C. The summed E-state index contributed by atoms with van der Waals surface area (Å²) in [6.45, 7) is 4.75. The van der Waals surface area contributed by atoms with Crippen LogP contribution in [0.15, 0.2) is 0 Å². The van der Waals surface area contributed by atoms with Gasteiger partial charge >= 0.3 is 0 Å². The summed E-state index contributed by atoms with van der Waals surface area (Å²) in [5.41, 5.74) is 5.95. The zero-order valence-corrected chi connectivity index (χ0v) is 10.2. The topological polar surface area (TPSA) is 38.0 Å². The van der Waals surface area contributed by atoms with E-state index >= 15 is 0 Å². The van der Waals surface area contributed by atoms with Crippen LogP contribution < -0.4 is 11.1 Å². The molecule has 0 spiro atoms. The second kappa shape index (κ2) is 4.84. The Bertz CT molecular complexity index is 205. The number of hydrogen-bond donors (Lipinski definition) is 2. The van der Waals surface area contributed by atoms with Gasteiger partial charge in [0.1, 0.15) is 0 Å². The summed E-state index contributed by atoms with van der Waals surface area (Å²) in [6.07, 6.45) is 7.86. The van der Waals surface area contributed by atoms with E-state index in [-0.39, 0.29) is 0 Å². The summed E-state index contributed by atoms with van der Waals surface area (Å²) >= 11 is 0. The van der Waals surface area contributed by atoms with E-state index in [1.165, 1.54) is 38.5 Å². The molecule has 2 rings (SSSR count). The van der Waals surface area contributed by atoms with Crippen molar-refractivity contribution >= 4 is 0 Å². The molecular weight excluding hydrogens is 184 g/mol. The molecule has 2 nitrogen and oxygen atoms in total. The summed E-state index contributed by atoms with van der Waals surface area (Å²) < 4.78 is 0. The van der Waals surface area contributed by atoms with Gasteiger partial charge in [-0.3, -0.25) is 0 Å². The van der Waals surface area contributed by atoms with Crippen molar-refractivity contribution in [2.24, 2.45) is 17.6 Å². The van der Waals surface area contributed by atoms with Crippen LogP contribution in [0.1, 0.15) is 52.4 Å². The van der Waals surface area contributed by atoms with Crippen molar-refractivity contribution < 1.29 is 0 Å². The second-order valence-electron chi connectivity index (χ2n) is 5.65. The molecule has 3 N–H and O–H groups in total. The van der Waals surface area contributed by atoms with Crippen LogP contribution in [0.5, 0.6) is 0 Å². The summed E-state index contributed by atoms with van der Waals surface area (Å²) in [5.74, 6) is 1.82. The van der Waals surface area contributed by atoms with Crippen LogP contribution in [0.25, 0.3) is 0 Å². The maximum atomic E-state index is 5.95. The molecule has 0 saturated heterocycles. The van der Waals surface area contributed by atoms with E-state index in [1.807, 2.05) is 0 Å². The number of nitrogens with one attached hydrogen (secondary N) is 1. The third kappa shape index (κ3) is 2.54. The maximum Gasteiger partial charge on any atom is 0.00980 e. The van der Waals surface area contributed by atoms with Gasteiger partial charge in [0.25, 0.3) is 0 Å². The van der Waals surface area contributed by atoms with Gasteiger partial charge in [-0.1, -0.05) is 20.3 Å². The first-order chi connectivity index (χ1) is 7.20. The fraction of sp³-hybridized carbons (Fsp3) is 1.00. The number of hydrogen-bond acceptors (Lipinski definition) is 2. The highest BCUT2D eigenvalue weighted by molar-refractivity contribution is 4.91. The lowest BCUT2D eigenvalue weighted by Crippen LogP contribution is -2.39. The van der Waals surface area contributed by atoms with Gasteiger partial charge < -0.3 is 11.1 Å². The molecule has 88 valence electrons. The van der Waals surface area contributed by atoms with Crippen LogP contribution >= 0.6 is 0 Å². The maximum absolute atomic E-state index is 5.95. The predicted molar refractivity (Wildman–Crippen MR) is 64.7 cm³/mol. The van der Waals surface area contributed by atoms with E-state index in [2.05, 4.69) is 19.2 Å². The average Bonchev–Trinajstić information content (AvgIpc) is 2.76. The van der Waals surface area contributed by atoms with E-state index in [1.54, 1.807) is 0 Å². The third-order valence-corrected chi connectivity index (χ3v) is 4.67. The summed E-state index contributed by atoms with van der Waals surface area (Å²) in [6, 6.07) is 1.94. The lowest BCUT2D eigenvalue weighted by Gasteiger charge is -2.24. The Morgan fingerprint density at radius 1 is 1.20 bits per heavy atom. The summed E-state index contributed by atoms with van der Waals surface area (Å²) in [5, 5.41) is 3.84. The van der Waals surface area contributed by atoms with Gasteiger partial charge in [-0.05, 0) is 43.9 Å². The largest absolute Gasteiger partial charge is 0.328 e. The van der Waals surface area contributed by atoms with E-state index < -0.39 is 0 Å². The molecule has 2 heteroatoms. The quantitative estimate of drug-likeness (QED) is 0.750. The van der Waals surface area contributed by atoms with Gasteiger partial charge in [0.15, 0.2) is 0 Å². The molecule has 0 bridgehead atoms. The minimum atomic E-state index is 0.459. The highest BCUT2D eigenvalue weighted by Gasteiger charge is 2.33. The summed E-state index contributed by atoms with van der Waals surface area (Å²) in [7, 11) is 0. The molecule has 0 aromatic carbocycles. The fourth-order valence-corrected chi connectivity index (χ4v) is 3.53. The van der Waals surface area contributed by atoms with Crippen molar-refractivity contribution in [1.29, 1.82) is 0 Å². The molecular formula is C13H26N2. The Labute approximate surface area is 94.0 Å². The molecule has 0 amide bonds. The van der Waals surface area contributed by atoms with E-state index in [4.69, 9.17) is 5.73 Å². The molecule has 5 atom stereocenters. The Morgan fingerprint density at radius 2 is 2.00 bits per heavy atom. The van der Waals surface area contributed by atoms with Gasteiger partial charge in [0, 0.05) is 18.1 Å². The Kier molecular flexibility index (Phi) is 3.68. The van der Waals surface area contributed by atoms with E-state index in [0.29, 0.717) is 12.1 Å². The van der Waals surface area contributed by atoms with Gasteiger partial charge in [-0.15, -0.1) is 0 Å². The lowest BCUT2D eigenvalue weighted by molar-refractivity contribution is 0.320. The van der Waals surface area contributed by atoms with Gasteiger partial charge in [0.2, 0.25) is 0 Å². The Hall–Kier alpha value is -0.0800. The van der Waals surface area contributed by atoms with Crippen LogP contribution in [0.4, 0.5) is 0 Å². The highest BCUT2D eigenvalue weighted by atomic mass is 15.0. The highest BCUT2D eigenvalue weighted by Crippen LogP contribution is 2.34. The third-order valence-electron chi connectivity index (χ3n) is 4.67. The first kappa shape index (κ1) is 11.4. The van der Waals surface area contributed by atoms with E-state index in [9.17, 15) is 0 Å². The first-order valence-corrected chi connectivity index (χ1v) is 6.72. The van der Waals surface area contributed by atoms with Crippen LogP contribution in [0.2, 0.25) is 0 Å². The number of nitrogens with two attached hydrogens (primary N) is 1. The van der Waals surface area contributed by atoms with Crippen molar-refractivity contribution in [1.82, 2.24) is 5.32 Å². The minimum Gasteiger partial charge on any atom is -0.328 e.